The molecule has 6 heteroatoms. The Morgan fingerprint density at radius 1 is 0.970 bits per heavy atom. The van der Waals surface area contributed by atoms with E-state index in [1.54, 1.807) is 23.9 Å². The average Bonchev–Trinajstić information content (AvgIpc) is 2.84. The minimum atomic E-state index is -0.543. The van der Waals surface area contributed by atoms with Crippen LogP contribution in [-0.4, -0.2) is 22.9 Å². The zero-order chi connectivity index (χ0) is 23.2. The van der Waals surface area contributed by atoms with Gasteiger partial charge < -0.3 is 15.2 Å². The van der Waals surface area contributed by atoms with E-state index < -0.39 is 17.2 Å². The average molecular weight is 444 g/mol. The lowest BCUT2D eigenvalue weighted by molar-refractivity contribution is 0.0930. The van der Waals surface area contributed by atoms with Gasteiger partial charge in [0.2, 0.25) is 5.43 Å². The van der Waals surface area contributed by atoms with Gasteiger partial charge in [-0.2, -0.15) is 0 Å². The van der Waals surface area contributed by atoms with Crippen molar-refractivity contribution in [2.24, 2.45) is 0 Å². The molecule has 1 atom stereocenters. The predicted molar refractivity (Wildman–Crippen MR) is 128 cm³/mol. The van der Waals surface area contributed by atoms with Crippen molar-refractivity contribution in [2.75, 3.05) is 6.54 Å². The number of hydrogen-bond donors (Lipinski definition) is 2. The van der Waals surface area contributed by atoms with E-state index in [-0.39, 0.29) is 17.2 Å². The van der Waals surface area contributed by atoms with E-state index in [4.69, 9.17) is 0 Å². The van der Waals surface area contributed by atoms with Crippen molar-refractivity contribution < 1.29 is 9.59 Å². The summed E-state index contributed by atoms with van der Waals surface area (Å²) in [5.41, 5.74) is 2.90. The van der Waals surface area contributed by atoms with Gasteiger partial charge in [-0.05, 0) is 49.3 Å². The van der Waals surface area contributed by atoms with E-state index in [9.17, 15) is 14.4 Å². The highest BCUT2D eigenvalue weighted by molar-refractivity contribution is 5.99. The molecule has 3 aromatic rings. The summed E-state index contributed by atoms with van der Waals surface area (Å²) in [5, 5.41) is 5.73. The van der Waals surface area contributed by atoms with Gasteiger partial charge in [0, 0.05) is 25.5 Å². The molecule has 0 spiro atoms. The molecule has 0 bridgehead atoms. The number of carbonyl (C=O) groups excluding carboxylic acids is 2. The van der Waals surface area contributed by atoms with Crippen LogP contribution in [0, 0.1) is 0 Å². The third-order valence-electron chi connectivity index (χ3n) is 6.08. The van der Waals surface area contributed by atoms with E-state index in [0.29, 0.717) is 13.1 Å². The summed E-state index contributed by atoms with van der Waals surface area (Å²) >= 11 is 0. The third kappa shape index (κ3) is 5.22. The molecule has 0 radical (unpaired) electrons. The van der Waals surface area contributed by atoms with Gasteiger partial charge in [0.1, 0.15) is 11.1 Å². The molecule has 2 amide bonds. The van der Waals surface area contributed by atoms with Gasteiger partial charge >= 0.3 is 0 Å². The SMILES string of the molecule is CCNC(=O)c1cn(CCc2ccccc2)cc(C(=O)N[C@@H]2CCCc3ccccc32)c1=O. The van der Waals surface area contributed by atoms with E-state index >= 15 is 0 Å². The molecule has 0 unspecified atom stereocenters. The fourth-order valence-corrected chi connectivity index (χ4v) is 4.38. The van der Waals surface area contributed by atoms with Crippen LogP contribution >= 0.6 is 0 Å². The fourth-order valence-electron chi connectivity index (χ4n) is 4.38. The van der Waals surface area contributed by atoms with Crippen LogP contribution in [0.3, 0.4) is 0 Å². The Bertz CT molecular complexity index is 1200. The number of benzene rings is 2. The maximum atomic E-state index is 13.2. The molecule has 0 saturated heterocycles. The maximum Gasteiger partial charge on any atom is 0.257 e. The zero-order valence-corrected chi connectivity index (χ0v) is 18.8. The summed E-state index contributed by atoms with van der Waals surface area (Å²) in [6, 6.07) is 17.9. The first-order chi connectivity index (χ1) is 16.1. The van der Waals surface area contributed by atoms with Crippen molar-refractivity contribution in [1.82, 2.24) is 15.2 Å². The van der Waals surface area contributed by atoms with Crippen molar-refractivity contribution in [2.45, 2.75) is 45.2 Å². The van der Waals surface area contributed by atoms with Crippen molar-refractivity contribution in [3.8, 4) is 0 Å². The number of aromatic nitrogens is 1. The summed E-state index contributed by atoms with van der Waals surface area (Å²) in [5.74, 6) is -0.907. The number of hydrogen-bond acceptors (Lipinski definition) is 3. The Labute approximate surface area is 193 Å². The second-order valence-corrected chi connectivity index (χ2v) is 8.36. The van der Waals surface area contributed by atoms with Gasteiger partial charge in [0.25, 0.3) is 11.8 Å². The first kappa shape index (κ1) is 22.5. The number of amides is 2. The van der Waals surface area contributed by atoms with Crippen molar-refractivity contribution in [3.05, 3.63) is 105 Å². The number of rotatable bonds is 7. The van der Waals surface area contributed by atoms with E-state index in [1.165, 1.54) is 5.56 Å². The first-order valence-electron chi connectivity index (χ1n) is 11.5. The van der Waals surface area contributed by atoms with Gasteiger partial charge in [-0.25, -0.2) is 0 Å². The fraction of sp³-hybridized carbons (Fsp3) is 0.296. The Morgan fingerprint density at radius 3 is 2.42 bits per heavy atom. The Kier molecular flexibility index (Phi) is 7.03. The van der Waals surface area contributed by atoms with Crippen LogP contribution in [0.1, 0.15) is 63.2 Å². The molecule has 0 fully saturated rings. The topological polar surface area (TPSA) is 80.2 Å². The summed E-state index contributed by atoms with van der Waals surface area (Å²) in [7, 11) is 0. The van der Waals surface area contributed by atoms with Crippen LogP contribution in [0.4, 0.5) is 0 Å². The number of nitrogens with zero attached hydrogens (tertiary/aromatic N) is 1. The second kappa shape index (κ2) is 10.3. The summed E-state index contributed by atoms with van der Waals surface area (Å²) in [4.78, 5) is 38.9. The Balaban J connectivity index is 1.63. The normalized spacial score (nSPS) is 14.9. The largest absolute Gasteiger partial charge is 0.352 e. The molecule has 33 heavy (non-hydrogen) atoms. The van der Waals surface area contributed by atoms with E-state index in [1.807, 2.05) is 48.5 Å². The van der Waals surface area contributed by atoms with E-state index in [0.717, 1.165) is 36.8 Å². The molecule has 0 saturated carbocycles. The molecule has 1 aliphatic carbocycles. The molecular weight excluding hydrogens is 414 g/mol. The van der Waals surface area contributed by atoms with Crippen molar-refractivity contribution in [3.63, 3.8) is 0 Å². The number of nitrogens with one attached hydrogen (secondary N) is 2. The Morgan fingerprint density at radius 2 is 1.67 bits per heavy atom. The highest BCUT2D eigenvalue weighted by Crippen LogP contribution is 2.29. The van der Waals surface area contributed by atoms with Gasteiger partial charge in [0.15, 0.2) is 0 Å². The smallest absolute Gasteiger partial charge is 0.257 e. The van der Waals surface area contributed by atoms with Gasteiger partial charge in [-0.15, -0.1) is 0 Å². The molecule has 2 aromatic carbocycles. The molecule has 4 rings (SSSR count). The molecule has 1 heterocycles. The zero-order valence-electron chi connectivity index (χ0n) is 18.8. The highest BCUT2D eigenvalue weighted by atomic mass is 16.2. The molecule has 170 valence electrons. The third-order valence-corrected chi connectivity index (χ3v) is 6.08. The van der Waals surface area contributed by atoms with Crippen LogP contribution < -0.4 is 16.1 Å². The summed E-state index contributed by atoms with van der Waals surface area (Å²) in [6.07, 6.45) is 6.61. The Hall–Kier alpha value is -3.67. The molecular formula is C27H29N3O3. The predicted octanol–water partition coefficient (Wildman–Crippen LogP) is 3.65. The van der Waals surface area contributed by atoms with Crippen LogP contribution in [0.5, 0.6) is 0 Å². The standard InChI is InChI=1S/C27H29N3O3/c1-2-28-26(32)22-17-30(16-15-19-9-4-3-5-10-19)18-23(25(22)31)27(33)29-24-14-8-12-20-11-6-7-13-21(20)24/h3-7,9-11,13,17-18,24H,2,8,12,14-16H2,1H3,(H,28,32)(H,29,33)/t24-/m1/s1. The van der Waals surface area contributed by atoms with Crippen LogP contribution in [-0.2, 0) is 19.4 Å². The number of carbonyl (C=O) groups is 2. The van der Waals surface area contributed by atoms with Crippen LogP contribution in [0.2, 0.25) is 0 Å². The van der Waals surface area contributed by atoms with Crippen molar-refractivity contribution >= 4 is 11.8 Å². The molecule has 1 aromatic heterocycles. The minimum absolute atomic E-state index is 0.00475. The molecule has 6 nitrogen and oxygen atoms in total. The highest BCUT2D eigenvalue weighted by Gasteiger charge is 2.25. The monoisotopic (exact) mass is 443 g/mol. The van der Waals surface area contributed by atoms with Crippen LogP contribution in [0.15, 0.2) is 71.8 Å². The lowest BCUT2D eigenvalue weighted by Crippen LogP contribution is -2.37. The lowest BCUT2D eigenvalue weighted by atomic mass is 9.87. The number of aryl methyl sites for hydroxylation is 3. The molecule has 0 aliphatic heterocycles. The molecule has 2 N–H and O–H groups in total. The molecule has 1 aliphatic rings. The summed E-state index contributed by atoms with van der Waals surface area (Å²) in [6.45, 7) is 2.74. The number of fused-ring (bicyclic) bond motifs is 1. The minimum Gasteiger partial charge on any atom is -0.352 e. The van der Waals surface area contributed by atoms with Gasteiger partial charge in [0.05, 0.1) is 6.04 Å². The number of pyridine rings is 1. The van der Waals surface area contributed by atoms with Gasteiger partial charge in [-0.3, -0.25) is 14.4 Å². The van der Waals surface area contributed by atoms with Gasteiger partial charge in [-0.1, -0.05) is 54.6 Å². The summed E-state index contributed by atoms with van der Waals surface area (Å²) < 4.78 is 1.77. The quantitative estimate of drug-likeness (QED) is 0.585. The van der Waals surface area contributed by atoms with Crippen LogP contribution in [0.25, 0.3) is 0 Å². The van der Waals surface area contributed by atoms with E-state index in [2.05, 4.69) is 16.7 Å². The maximum absolute atomic E-state index is 13.2. The first-order valence-corrected chi connectivity index (χ1v) is 11.5. The lowest BCUT2D eigenvalue weighted by Gasteiger charge is -2.26. The second-order valence-electron chi connectivity index (χ2n) is 8.36. The van der Waals surface area contributed by atoms with Crippen molar-refractivity contribution in [1.29, 1.82) is 0 Å².